The van der Waals surface area contributed by atoms with Gasteiger partial charge in [0.15, 0.2) is 5.79 Å². The van der Waals surface area contributed by atoms with Gasteiger partial charge in [-0.25, -0.2) is 0 Å². The second kappa shape index (κ2) is 6.85. The van der Waals surface area contributed by atoms with E-state index in [2.05, 4.69) is 12.1 Å². The Morgan fingerprint density at radius 1 is 1.17 bits per heavy atom. The molecule has 2 atom stereocenters. The summed E-state index contributed by atoms with van der Waals surface area (Å²) in [6, 6.07) is 10.2. The highest BCUT2D eigenvalue weighted by Gasteiger charge is 2.49. The van der Waals surface area contributed by atoms with Crippen LogP contribution in [-0.4, -0.2) is 24.5 Å². The first kappa shape index (κ1) is 17.4. The van der Waals surface area contributed by atoms with E-state index >= 15 is 0 Å². The molecular formula is C20H28O4. The molecule has 1 spiro atoms. The third-order valence-corrected chi connectivity index (χ3v) is 4.79. The van der Waals surface area contributed by atoms with Gasteiger partial charge in [0.1, 0.15) is 6.10 Å². The molecule has 24 heavy (non-hydrogen) atoms. The van der Waals surface area contributed by atoms with Crippen molar-refractivity contribution in [2.45, 2.75) is 70.9 Å². The molecule has 4 nitrogen and oxygen atoms in total. The van der Waals surface area contributed by atoms with E-state index in [1.165, 1.54) is 0 Å². The van der Waals surface area contributed by atoms with E-state index < -0.39 is 11.2 Å². The van der Waals surface area contributed by atoms with Crippen LogP contribution in [0, 0.1) is 5.41 Å². The molecule has 3 rings (SSSR count). The van der Waals surface area contributed by atoms with Crippen molar-refractivity contribution in [1.29, 1.82) is 0 Å². The van der Waals surface area contributed by atoms with E-state index in [9.17, 15) is 4.79 Å². The third-order valence-electron chi connectivity index (χ3n) is 4.79. The summed E-state index contributed by atoms with van der Waals surface area (Å²) in [6.07, 6.45) is 4.70. The Labute approximate surface area is 144 Å². The second-order valence-electron chi connectivity index (χ2n) is 7.90. The molecule has 1 aliphatic carbocycles. The first-order valence-corrected chi connectivity index (χ1v) is 8.97. The standard InChI is InChI=1S/C20H28O4/c1-19(2,3)18(21)22-14-11-16-17(15-9-5-4-6-10-15)24-20(23-16)12-7-8-13-20/h4-6,9-10,16-17H,7-8,11-14H2,1-3H3/t16-,17-/m1/s1. The van der Waals surface area contributed by atoms with Crippen molar-refractivity contribution >= 4 is 5.97 Å². The van der Waals surface area contributed by atoms with Crippen molar-refractivity contribution in [3.05, 3.63) is 35.9 Å². The summed E-state index contributed by atoms with van der Waals surface area (Å²) in [4.78, 5) is 11.9. The van der Waals surface area contributed by atoms with Gasteiger partial charge in [-0.05, 0) is 39.2 Å². The van der Waals surface area contributed by atoms with Crippen LogP contribution in [0.1, 0.15) is 64.5 Å². The Morgan fingerprint density at radius 2 is 1.83 bits per heavy atom. The van der Waals surface area contributed by atoms with Crippen molar-refractivity contribution in [2.24, 2.45) is 5.41 Å². The molecule has 0 aromatic heterocycles. The zero-order valence-corrected chi connectivity index (χ0v) is 14.9. The molecule has 0 amide bonds. The Morgan fingerprint density at radius 3 is 2.46 bits per heavy atom. The molecule has 0 radical (unpaired) electrons. The summed E-state index contributed by atoms with van der Waals surface area (Å²) in [6.45, 7) is 5.96. The smallest absolute Gasteiger partial charge is 0.311 e. The maximum absolute atomic E-state index is 11.9. The first-order chi connectivity index (χ1) is 11.4. The van der Waals surface area contributed by atoms with Crippen LogP contribution in [0.3, 0.4) is 0 Å². The maximum atomic E-state index is 11.9. The number of esters is 1. The van der Waals surface area contributed by atoms with Gasteiger partial charge in [0.05, 0.1) is 18.1 Å². The number of ether oxygens (including phenoxy) is 3. The number of carbonyl (C=O) groups is 1. The molecule has 132 valence electrons. The van der Waals surface area contributed by atoms with Crippen LogP contribution in [0.25, 0.3) is 0 Å². The minimum absolute atomic E-state index is 0.0710. The lowest BCUT2D eigenvalue weighted by Crippen LogP contribution is -2.28. The monoisotopic (exact) mass is 332 g/mol. The molecule has 4 heteroatoms. The normalized spacial score (nSPS) is 26.0. The Hall–Kier alpha value is -1.39. The van der Waals surface area contributed by atoms with E-state index in [0.29, 0.717) is 13.0 Å². The van der Waals surface area contributed by atoms with Crippen molar-refractivity contribution in [3.8, 4) is 0 Å². The summed E-state index contributed by atoms with van der Waals surface area (Å²) in [5.41, 5.74) is 0.659. The lowest BCUT2D eigenvalue weighted by molar-refractivity contribution is -0.171. The molecule has 0 N–H and O–H groups in total. The van der Waals surface area contributed by atoms with Crippen LogP contribution in [-0.2, 0) is 19.0 Å². The van der Waals surface area contributed by atoms with Gasteiger partial charge in [0.2, 0.25) is 0 Å². The molecule has 0 bridgehead atoms. The molecular weight excluding hydrogens is 304 g/mol. The third kappa shape index (κ3) is 3.81. The zero-order valence-electron chi connectivity index (χ0n) is 14.9. The summed E-state index contributed by atoms with van der Waals surface area (Å²) in [5.74, 6) is -0.604. The van der Waals surface area contributed by atoms with Crippen LogP contribution in [0.15, 0.2) is 30.3 Å². The van der Waals surface area contributed by atoms with E-state index in [0.717, 1.165) is 31.2 Å². The van der Waals surface area contributed by atoms with Crippen molar-refractivity contribution in [2.75, 3.05) is 6.61 Å². The fraction of sp³-hybridized carbons (Fsp3) is 0.650. The summed E-state index contributed by atoms with van der Waals surface area (Å²) in [5, 5.41) is 0. The highest BCUT2D eigenvalue weighted by Crippen LogP contribution is 2.47. The number of rotatable bonds is 4. The molecule has 1 aromatic rings. The molecule has 1 saturated carbocycles. The quantitative estimate of drug-likeness (QED) is 0.767. The number of hydrogen-bond acceptors (Lipinski definition) is 4. The van der Waals surface area contributed by atoms with E-state index in [-0.39, 0.29) is 18.2 Å². The molecule has 0 unspecified atom stereocenters. The predicted octanol–water partition coefficient (Wildman–Crippen LogP) is 4.39. The maximum Gasteiger partial charge on any atom is 0.311 e. The summed E-state index contributed by atoms with van der Waals surface area (Å²) >= 11 is 0. The van der Waals surface area contributed by atoms with E-state index in [1.807, 2.05) is 39.0 Å². The number of carbonyl (C=O) groups excluding carboxylic acids is 1. The van der Waals surface area contributed by atoms with E-state index in [1.54, 1.807) is 0 Å². The average Bonchev–Trinajstić information content (AvgIpc) is 3.15. The lowest BCUT2D eigenvalue weighted by Gasteiger charge is -2.22. The van der Waals surface area contributed by atoms with Gasteiger partial charge in [0.25, 0.3) is 0 Å². The Bertz CT molecular complexity index is 555. The highest BCUT2D eigenvalue weighted by molar-refractivity contribution is 5.75. The summed E-state index contributed by atoms with van der Waals surface area (Å²) < 4.78 is 18.1. The Kier molecular flexibility index (Phi) is 4.97. The second-order valence-corrected chi connectivity index (χ2v) is 7.90. The van der Waals surface area contributed by atoms with Gasteiger partial charge >= 0.3 is 5.97 Å². The predicted molar refractivity (Wildman–Crippen MR) is 91.4 cm³/mol. The van der Waals surface area contributed by atoms with Crippen LogP contribution in [0.4, 0.5) is 0 Å². The van der Waals surface area contributed by atoms with Crippen molar-refractivity contribution in [1.82, 2.24) is 0 Å². The van der Waals surface area contributed by atoms with Crippen molar-refractivity contribution in [3.63, 3.8) is 0 Å². The largest absolute Gasteiger partial charge is 0.465 e. The summed E-state index contributed by atoms with van der Waals surface area (Å²) in [7, 11) is 0. The van der Waals surface area contributed by atoms with Gasteiger partial charge in [0, 0.05) is 19.3 Å². The highest BCUT2D eigenvalue weighted by atomic mass is 16.8. The molecule has 1 aromatic carbocycles. The van der Waals surface area contributed by atoms with Gasteiger partial charge in [-0.15, -0.1) is 0 Å². The molecule has 1 saturated heterocycles. The van der Waals surface area contributed by atoms with Gasteiger partial charge in [-0.1, -0.05) is 30.3 Å². The average molecular weight is 332 g/mol. The molecule has 1 aliphatic heterocycles. The van der Waals surface area contributed by atoms with E-state index in [4.69, 9.17) is 14.2 Å². The van der Waals surface area contributed by atoms with Crippen molar-refractivity contribution < 1.29 is 19.0 Å². The SMILES string of the molecule is CC(C)(C)C(=O)OCC[C@H]1OC2(CCCC2)O[C@@H]1c1ccccc1. The van der Waals surface area contributed by atoms with Crippen LogP contribution in [0.5, 0.6) is 0 Å². The minimum Gasteiger partial charge on any atom is -0.465 e. The topological polar surface area (TPSA) is 44.8 Å². The number of benzene rings is 1. The molecule has 2 fully saturated rings. The molecule has 1 heterocycles. The van der Waals surface area contributed by atoms with Crippen LogP contribution in [0.2, 0.25) is 0 Å². The minimum atomic E-state index is -0.474. The molecule has 2 aliphatic rings. The first-order valence-electron chi connectivity index (χ1n) is 8.97. The van der Waals surface area contributed by atoms with Crippen LogP contribution >= 0.6 is 0 Å². The van der Waals surface area contributed by atoms with Gasteiger partial charge in [-0.3, -0.25) is 4.79 Å². The lowest BCUT2D eigenvalue weighted by atomic mass is 9.97. The Balaban J connectivity index is 1.66. The van der Waals surface area contributed by atoms with Crippen LogP contribution < -0.4 is 0 Å². The number of hydrogen-bond donors (Lipinski definition) is 0. The fourth-order valence-electron chi connectivity index (χ4n) is 3.44. The van der Waals surface area contributed by atoms with Gasteiger partial charge in [-0.2, -0.15) is 0 Å². The zero-order chi connectivity index (χ0) is 17.2. The van der Waals surface area contributed by atoms with Gasteiger partial charge < -0.3 is 14.2 Å². The fourth-order valence-corrected chi connectivity index (χ4v) is 3.44.